The molecule has 6 nitrogen and oxygen atoms in total. The summed E-state index contributed by atoms with van der Waals surface area (Å²) in [4.78, 5) is 23.9. The van der Waals surface area contributed by atoms with Gasteiger partial charge in [0, 0.05) is 13.0 Å². The fraction of sp³-hybridized carbons (Fsp3) is 0.438. The Hall–Kier alpha value is -2.37. The van der Waals surface area contributed by atoms with E-state index in [0.29, 0.717) is 18.2 Å². The number of benzene rings is 1. The van der Waals surface area contributed by atoms with Gasteiger partial charge in [0.25, 0.3) is 5.91 Å². The second-order valence-electron chi connectivity index (χ2n) is 5.86. The van der Waals surface area contributed by atoms with Gasteiger partial charge in [-0.3, -0.25) is 14.6 Å². The van der Waals surface area contributed by atoms with Crippen LogP contribution >= 0.6 is 0 Å². The molecule has 0 bridgehead atoms. The third-order valence-electron chi connectivity index (χ3n) is 4.30. The first-order chi connectivity index (χ1) is 10.6. The quantitative estimate of drug-likeness (QED) is 0.851. The maximum absolute atomic E-state index is 12.2. The molecule has 0 unspecified atom stereocenters. The van der Waals surface area contributed by atoms with E-state index in [9.17, 15) is 9.59 Å². The molecule has 1 heterocycles. The number of carbonyl (C=O) groups excluding carboxylic acids is 2. The maximum atomic E-state index is 12.2. The van der Waals surface area contributed by atoms with Crippen LogP contribution < -0.4 is 16.1 Å². The lowest BCUT2D eigenvalue weighted by atomic mass is 9.85. The predicted molar refractivity (Wildman–Crippen MR) is 84.3 cm³/mol. The van der Waals surface area contributed by atoms with Crippen LogP contribution in [-0.2, 0) is 9.59 Å². The Balaban J connectivity index is 1.71. The number of nitrogens with zero attached hydrogens (tertiary/aromatic N) is 2. The van der Waals surface area contributed by atoms with Crippen LogP contribution in [0.5, 0.6) is 0 Å². The zero-order valence-corrected chi connectivity index (χ0v) is 12.4. The average molecular weight is 300 g/mol. The highest BCUT2D eigenvalue weighted by atomic mass is 16.2. The molecule has 1 atom stereocenters. The number of amides is 2. The summed E-state index contributed by atoms with van der Waals surface area (Å²) < 4.78 is 0. The van der Waals surface area contributed by atoms with Gasteiger partial charge in [0.1, 0.15) is 11.8 Å². The van der Waals surface area contributed by atoms with E-state index >= 15 is 0 Å². The lowest BCUT2D eigenvalue weighted by Gasteiger charge is -2.25. The highest BCUT2D eigenvalue weighted by Gasteiger charge is 2.35. The lowest BCUT2D eigenvalue weighted by Crippen LogP contribution is -2.40. The SMILES string of the molecule is NC(=O)[C@H]1CC(C(=O)NCC2CCC2)=NN1c1ccccc1. The Morgan fingerprint density at radius 1 is 1.27 bits per heavy atom. The minimum atomic E-state index is -0.605. The maximum Gasteiger partial charge on any atom is 0.267 e. The molecule has 0 saturated heterocycles. The number of carbonyl (C=O) groups is 2. The van der Waals surface area contributed by atoms with Gasteiger partial charge in [0.15, 0.2) is 0 Å². The van der Waals surface area contributed by atoms with E-state index in [1.165, 1.54) is 19.3 Å². The number of para-hydroxylation sites is 1. The summed E-state index contributed by atoms with van der Waals surface area (Å²) in [5.74, 6) is -0.0888. The van der Waals surface area contributed by atoms with Gasteiger partial charge in [-0.1, -0.05) is 24.6 Å². The molecule has 1 fully saturated rings. The van der Waals surface area contributed by atoms with E-state index in [1.807, 2.05) is 30.3 Å². The molecule has 1 saturated carbocycles. The minimum Gasteiger partial charge on any atom is -0.368 e. The molecule has 0 aromatic heterocycles. The largest absolute Gasteiger partial charge is 0.368 e. The minimum absolute atomic E-state index is 0.198. The van der Waals surface area contributed by atoms with Gasteiger partial charge < -0.3 is 11.1 Å². The van der Waals surface area contributed by atoms with Gasteiger partial charge in [-0.2, -0.15) is 5.10 Å². The summed E-state index contributed by atoms with van der Waals surface area (Å²) in [5, 5.41) is 8.77. The van der Waals surface area contributed by atoms with Crippen LogP contribution in [0.2, 0.25) is 0 Å². The predicted octanol–water partition coefficient (Wildman–Crippen LogP) is 1.02. The molecular weight excluding hydrogens is 280 g/mol. The number of anilines is 1. The monoisotopic (exact) mass is 300 g/mol. The summed E-state index contributed by atoms with van der Waals surface area (Å²) >= 11 is 0. The molecule has 22 heavy (non-hydrogen) atoms. The molecular formula is C16H20N4O2. The summed E-state index contributed by atoms with van der Waals surface area (Å²) in [6.45, 7) is 0.685. The van der Waals surface area contributed by atoms with Crippen LogP contribution in [0.15, 0.2) is 35.4 Å². The highest BCUT2D eigenvalue weighted by molar-refractivity contribution is 6.40. The van der Waals surface area contributed by atoms with E-state index in [4.69, 9.17) is 5.73 Å². The molecule has 1 aromatic carbocycles. The third kappa shape index (κ3) is 2.95. The second kappa shape index (κ2) is 6.17. The van der Waals surface area contributed by atoms with Crippen LogP contribution in [-0.4, -0.2) is 30.1 Å². The van der Waals surface area contributed by atoms with Gasteiger partial charge in [0.2, 0.25) is 5.91 Å². The first-order valence-corrected chi connectivity index (χ1v) is 7.64. The topological polar surface area (TPSA) is 87.8 Å². The van der Waals surface area contributed by atoms with Crippen molar-refractivity contribution in [2.45, 2.75) is 31.7 Å². The number of hydrogen-bond donors (Lipinski definition) is 2. The average Bonchev–Trinajstić information content (AvgIpc) is 2.92. The Labute approximate surface area is 129 Å². The van der Waals surface area contributed by atoms with E-state index in [0.717, 1.165) is 5.69 Å². The molecule has 2 amide bonds. The molecule has 2 aliphatic rings. The van der Waals surface area contributed by atoms with Crippen molar-refractivity contribution in [3.63, 3.8) is 0 Å². The van der Waals surface area contributed by atoms with Gasteiger partial charge >= 0.3 is 0 Å². The first kappa shape index (κ1) is 14.6. The standard InChI is InChI=1S/C16H20N4O2/c17-15(21)14-9-13(16(22)18-10-11-5-4-6-11)19-20(14)12-7-2-1-3-8-12/h1-3,7-8,11,14H,4-6,9-10H2,(H2,17,21)(H,18,22)/t14-/m1/s1. The highest BCUT2D eigenvalue weighted by Crippen LogP contribution is 2.26. The van der Waals surface area contributed by atoms with Crippen LogP contribution in [0.3, 0.4) is 0 Å². The van der Waals surface area contributed by atoms with Crippen molar-refractivity contribution in [2.24, 2.45) is 16.8 Å². The van der Waals surface area contributed by atoms with E-state index < -0.39 is 11.9 Å². The Kier molecular flexibility index (Phi) is 4.09. The van der Waals surface area contributed by atoms with Crippen molar-refractivity contribution in [3.05, 3.63) is 30.3 Å². The van der Waals surface area contributed by atoms with Crippen LogP contribution in [0.4, 0.5) is 5.69 Å². The lowest BCUT2D eigenvalue weighted by molar-refractivity contribution is -0.119. The Morgan fingerprint density at radius 2 is 2.00 bits per heavy atom. The van der Waals surface area contributed by atoms with Gasteiger partial charge in [-0.05, 0) is 30.9 Å². The van der Waals surface area contributed by atoms with Crippen molar-refractivity contribution in [2.75, 3.05) is 11.6 Å². The first-order valence-electron chi connectivity index (χ1n) is 7.64. The van der Waals surface area contributed by atoms with Gasteiger partial charge in [-0.15, -0.1) is 0 Å². The normalized spacial score (nSPS) is 21.2. The van der Waals surface area contributed by atoms with Crippen molar-refractivity contribution in [3.8, 4) is 0 Å². The summed E-state index contributed by atoms with van der Waals surface area (Å²) in [6.07, 6.45) is 3.84. The molecule has 0 spiro atoms. The van der Waals surface area contributed by atoms with Gasteiger partial charge in [-0.25, -0.2) is 0 Å². The molecule has 1 aromatic rings. The van der Waals surface area contributed by atoms with Crippen LogP contribution in [0.25, 0.3) is 0 Å². The smallest absolute Gasteiger partial charge is 0.267 e. The fourth-order valence-corrected chi connectivity index (χ4v) is 2.72. The molecule has 3 N–H and O–H groups in total. The van der Waals surface area contributed by atoms with Crippen molar-refractivity contribution in [1.29, 1.82) is 0 Å². The molecule has 1 aliphatic carbocycles. The number of hydrogen-bond acceptors (Lipinski definition) is 4. The van der Waals surface area contributed by atoms with E-state index in [1.54, 1.807) is 5.01 Å². The van der Waals surface area contributed by atoms with E-state index in [2.05, 4.69) is 10.4 Å². The van der Waals surface area contributed by atoms with E-state index in [-0.39, 0.29) is 12.3 Å². The van der Waals surface area contributed by atoms with Crippen molar-refractivity contribution < 1.29 is 9.59 Å². The number of nitrogens with two attached hydrogens (primary N) is 1. The summed E-state index contributed by atoms with van der Waals surface area (Å²) in [7, 11) is 0. The molecule has 116 valence electrons. The number of primary amides is 1. The fourth-order valence-electron chi connectivity index (χ4n) is 2.72. The molecule has 0 radical (unpaired) electrons. The molecule has 6 heteroatoms. The summed E-state index contributed by atoms with van der Waals surface area (Å²) in [6, 6.07) is 8.68. The van der Waals surface area contributed by atoms with Crippen LogP contribution in [0, 0.1) is 5.92 Å². The molecule has 1 aliphatic heterocycles. The number of hydrazone groups is 1. The zero-order valence-electron chi connectivity index (χ0n) is 12.4. The third-order valence-corrected chi connectivity index (χ3v) is 4.30. The zero-order chi connectivity index (χ0) is 15.5. The number of rotatable bonds is 5. The van der Waals surface area contributed by atoms with Crippen molar-refractivity contribution in [1.82, 2.24) is 5.32 Å². The summed E-state index contributed by atoms with van der Waals surface area (Å²) in [5.41, 5.74) is 6.58. The van der Waals surface area contributed by atoms with Crippen LogP contribution in [0.1, 0.15) is 25.7 Å². The number of nitrogens with one attached hydrogen (secondary N) is 1. The van der Waals surface area contributed by atoms with Gasteiger partial charge in [0.05, 0.1) is 5.69 Å². The van der Waals surface area contributed by atoms with Crippen molar-refractivity contribution >= 4 is 23.2 Å². The second-order valence-corrected chi connectivity index (χ2v) is 5.86. The Bertz CT molecular complexity index is 595. The Morgan fingerprint density at radius 3 is 2.59 bits per heavy atom. The molecule has 3 rings (SSSR count).